The highest BCUT2D eigenvalue weighted by Gasteiger charge is 2.28. The van der Waals surface area contributed by atoms with Crippen molar-refractivity contribution < 1.29 is 14.4 Å². The van der Waals surface area contributed by atoms with Crippen LogP contribution in [0.2, 0.25) is 0 Å². The highest BCUT2D eigenvalue weighted by molar-refractivity contribution is 7.18. The number of nitrogens with zero attached hydrogens (tertiary/aromatic N) is 1. The lowest BCUT2D eigenvalue weighted by Gasteiger charge is -2.28. The van der Waals surface area contributed by atoms with Crippen LogP contribution in [-0.4, -0.2) is 49.8 Å². The van der Waals surface area contributed by atoms with Gasteiger partial charge in [-0.05, 0) is 45.2 Å². The largest absolute Gasteiger partial charge is 0.379 e. The molecule has 6 heteroatoms. The Bertz CT molecular complexity index is 683. The zero-order valence-corrected chi connectivity index (χ0v) is 16.6. The lowest BCUT2D eigenvalue weighted by molar-refractivity contribution is -0.898. The van der Waals surface area contributed by atoms with Gasteiger partial charge in [0.05, 0.1) is 35.3 Å². The van der Waals surface area contributed by atoms with Crippen molar-refractivity contribution in [1.82, 2.24) is 10.3 Å². The molecule has 0 saturated carbocycles. The van der Waals surface area contributed by atoms with Crippen LogP contribution in [-0.2, 0) is 9.53 Å². The van der Waals surface area contributed by atoms with E-state index in [0.29, 0.717) is 25.6 Å². The van der Waals surface area contributed by atoms with Crippen LogP contribution in [0.15, 0.2) is 24.3 Å². The number of benzene rings is 1. The molecule has 1 aliphatic rings. The molecule has 2 heterocycles. The molecule has 1 fully saturated rings. The van der Waals surface area contributed by atoms with Crippen LogP contribution in [0.1, 0.15) is 44.0 Å². The van der Waals surface area contributed by atoms with Crippen molar-refractivity contribution in [3.05, 3.63) is 29.3 Å². The Morgan fingerprint density at radius 1 is 1.42 bits per heavy atom. The van der Waals surface area contributed by atoms with Crippen molar-refractivity contribution in [2.24, 2.45) is 0 Å². The number of hydrogen-bond acceptors (Lipinski definition) is 4. The van der Waals surface area contributed by atoms with Crippen LogP contribution < -0.4 is 10.2 Å². The van der Waals surface area contributed by atoms with Gasteiger partial charge in [-0.3, -0.25) is 4.79 Å². The molecule has 2 atom stereocenters. The number of likely N-dealkylation sites (tertiary alicyclic amines) is 1. The summed E-state index contributed by atoms with van der Waals surface area (Å²) in [5, 5.41) is 4.26. The van der Waals surface area contributed by atoms with Crippen LogP contribution >= 0.6 is 11.3 Å². The molecule has 3 rings (SSSR count). The van der Waals surface area contributed by atoms with Gasteiger partial charge in [0.2, 0.25) is 0 Å². The number of quaternary nitrogens is 1. The van der Waals surface area contributed by atoms with Crippen LogP contribution in [0, 0.1) is 0 Å². The number of carbonyl (C=O) groups excluding carboxylic acids is 1. The molecule has 1 aromatic heterocycles. The molecule has 1 aromatic carbocycles. The summed E-state index contributed by atoms with van der Waals surface area (Å²) in [6.07, 6.45) is 3.46. The highest BCUT2D eigenvalue weighted by Crippen LogP contribution is 2.30. The smallest absolute Gasteiger partial charge is 0.275 e. The number of nitrogens with one attached hydrogen (secondary N) is 2. The molecule has 5 nitrogen and oxygen atoms in total. The molecule has 1 aliphatic heterocycles. The highest BCUT2D eigenvalue weighted by atomic mass is 32.1. The fraction of sp³-hybridized carbons (Fsp3) is 0.600. The normalized spacial score (nSPS) is 20.6. The maximum atomic E-state index is 12.2. The second kappa shape index (κ2) is 9.44. The maximum Gasteiger partial charge on any atom is 0.275 e. The number of rotatable bonds is 8. The summed E-state index contributed by atoms with van der Waals surface area (Å²) in [6.45, 7) is 8.09. The van der Waals surface area contributed by atoms with Gasteiger partial charge in [-0.1, -0.05) is 12.1 Å². The predicted octanol–water partition coefficient (Wildman–Crippen LogP) is 1.99. The SMILES string of the molecule is CC(C)OCCCNC(=O)C[NH+]1CCC[C@H](c2nc3ccccc3s2)C1. The van der Waals surface area contributed by atoms with E-state index in [-0.39, 0.29) is 12.0 Å². The number of hydrogen-bond donors (Lipinski definition) is 2. The van der Waals surface area contributed by atoms with E-state index >= 15 is 0 Å². The van der Waals surface area contributed by atoms with Crippen molar-refractivity contribution in [1.29, 1.82) is 0 Å². The van der Waals surface area contributed by atoms with Crippen molar-refractivity contribution in [3.8, 4) is 0 Å². The summed E-state index contributed by atoms with van der Waals surface area (Å²) in [4.78, 5) is 18.4. The molecule has 0 radical (unpaired) electrons. The minimum absolute atomic E-state index is 0.148. The third kappa shape index (κ3) is 5.50. The van der Waals surface area contributed by atoms with Crippen molar-refractivity contribution in [3.63, 3.8) is 0 Å². The molecular weight excluding hydrogens is 346 g/mol. The molecule has 26 heavy (non-hydrogen) atoms. The molecule has 1 amide bonds. The van der Waals surface area contributed by atoms with E-state index in [1.807, 2.05) is 31.3 Å². The van der Waals surface area contributed by atoms with E-state index in [1.165, 1.54) is 21.0 Å². The Morgan fingerprint density at radius 2 is 2.27 bits per heavy atom. The third-order valence-electron chi connectivity index (χ3n) is 4.78. The quantitative estimate of drug-likeness (QED) is 0.693. The second-order valence-electron chi connectivity index (χ2n) is 7.36. The number of ether oxygens (including phenoxy) is 1. The Balaban J connectivity index is 1.45. The number of aromatic nitrogens is 1. The molecule has 0 aliphatic carbocycles. The first-order chi connectivity index (χ1) is 12.6. The summed E-state index contributed by atoms with van der Waals surface area (Å²) < 4.78 is 6.76. The molecule has 2 N–H and O–H groups in total. The van der Waals surface area contributed by atoms with E-state index in [4.69, 9.17) is 9.72 Å². The topological polar surface area (TPSA) is 55.7 Å². The fourth-order valence-electron chi connectivity index (χ4n) is 3.50. The first kappa shape index (κ1) is 19.3. The van der Waals surface area contributed by atoms with Crippen LogP contribution in [0.3, 0.4) is 0 Å². The van der Waals surface area contributed by atoms with Gasteiger partial charge < -0.3 is 15.0 Å². The van der Waals surface area contributed by atoms with E-state index in [0.717, 1.165) is 31.4 Å². The monoisotopic (exact) mass is 376 g/mol. The molecule has 0 bridgehead atoms. The minimum Gasteiger partial charge on any atom is -0.379 e. The van der Waals surface area contributed by atoms with Gasteiger partial charge in [-0.25, -0.2) is 4.98 Å². The summed E-state index contributed by atoms with van der Waals surface area (Å²) >= 11 is 1.81. The number of fused-ring (bicyclic) bond motifs is 1. The predicted molar refractivity (Wildman–Crippen MR) is 106 cm³/mol. The lowest BCUT2D eigenvalue weighted by atomic mass is 9.99. The lowest BCUT2D eigenvalue weighted by Crippen LogP contribution is -3.14. The van der Waals surface area contributed by atoms with Crippen LogP contribution in [0.5, 0.6) is 0 Å². The zero-order chi connectivity index (χ0) is 18.4. The van der Waals surface area contributed by atoms with Gasteiger partial charge in [0.15, 0.2) is 6.54 Å². The van der Waals surface area contributed by atoms with E-state index in [2.05, 4.69) is 23.5 Å². The summed E-state index contributed by atoms with van der Waals surface area (Å²) in [7, 11) is 0. The number of amides is 1. The number of thiazole rings is 1. The average Bonchev–Trinajstić information content (AvgIpc) is 3.05. The van der Waals surface area contributed by atoms with E-state index in [9.17, 15) is 4.79 Å². The van der Waals surface area contributed by atoms with Crippen LogP contribution in [0.4, 0.5) is 0 Å². The Hall–Kier alpha value is -1.50. The molecule has 2 aromatic rings. The molecule has 142 valence electrons. The zero-order valence-electron chi connectivity index (χ0n) is 15.8. The van der Waals surface area contributed by atoms with Gasteiger partial charge in [-0.2, -0.15) is 0 Å². The third-order valence-corrected chi connectivity index (χ3v) is 5.98. The molecular formula is C20H30N3O2S+. The molecule has 0 spiro atoms. The van der Waals surface area contributed by atoms with Gasteiger partial charge in [0, 0.05) is 13.2 Å². The molecule has 1 unspecified atom stereocenters. The number of piperidine rings is 1. The number of para-hydroxylation sites is 1. The van der Waals surface area contributed by atoms with Gasteiger partial charge >= 0.3 is 0 Å². The minimum atomic E-state index is 0.148. The summed E-state index contributed by atoms with van der Waals surface area (Å²) in [6, 6.07) is 8.33. The van der Waals surface area contributed by atoms with Gasteiger partial charge in [0.1, 0.15) is 5.01 Å². The summed E-state index contributed by atoms with van der Waals surface area (Å²) in [5.74, 6) is 0.623. The van der Waals surface area contributed by atoms with Crippen molar-refractivity contribution in [2.75, 3.05) is 32.8 Å². The average molecular weight is 377 g/mol. The first-order valence-electron chi connectivity index (χ1n) is 9.69. The number of carbonyl (C=O) groups is 1. The van der Waals surface area contributed by atoms with Gasteiger partial charge in [-0.15, -0.1) is 11.3 Å². The van der Waals surface area contributed by atoms with Crippen LogP contribution in [0.25, 0.3) is 10.2 Å². The van der Waals surface area contributed by atoms with Crippen molar-refractivity contribution >= 4 is 27.5 Å². The van der Waals surface area contributed by atoms with Crippen molar-refractivity contribution in [2.45, 2.75) is 45.1 Å². The molecule has 1 saturated heterocycles. The van der Waals surface area contributed by atoms with E-state index in [1.54, 1.807) is 0 Å². The Kier molecular flexibility index (Phi) is 7.00. The second-order valence-corrected chi connectivity index (χ2v) is 8.43. The Labute approximate surface area is 159 Å². The van der Waals surface area contributed by atoms with Gasteiger partial charge in [0.25, 0.3) is 5.91 Å². The first-order valence-corrected chi connectivity index (χ1v) is 10.5. The maximum absolute atomic E-state index is 12.2. The van der Waals surface area contributed by atoms with E-state index < -0.39 is 0 Å². The Morgan fingerprint density at radius 3 is 3.08 bits per heavy atom. The summed E-state index contributed by atoms with van der Waals surface area (Å²) in [5.41, 5.74) is 1.10. The standard InChI is InChI=1S/C20H29N3O2S/c1-15(2)25-12-6-10-21-19(24)14-23-11-5-7-16(13-23)20-22-17-8-3-4-9-18(17)26-20/h3-4,8-9,15-16H,5-7,10-14H2,1-2H3,(H,21,24)/p+1/t16-/m0/s1. The fourth-order valence-corrected chi connectivity index (χ4v) is 4.60.